The second-order valence-electron chi connectivity index (χ2n) is 3.83. The molecule has 14 heavy (non-hydrogen) atoms. The van der Waals surface area contributed by atoms with Gasteiger partial charge in [-0.25, -0.2) is 8.78 Å². The van der Waals surface area contributed by atoms with Crippen LogP contribution in [-0.4, -0.2) is 16.8 Å². The fraction of sp³-hybridized carbons (Fsp3) is 0.400. The summed E-state index contributed by atoms with van der Waals surface area (Å²) in [5, 5.41) is 17.9. The van der Waals surface area contributed by atoms with Crippen molar-refractivity contribution in [2.75, 3.05) is 6.61 Å². The number of rotatable bonds is 2. The lowest BCUT2D eigenvalue weighted by atomic mass is 9.85. The summed E-state index contributed by atoms with van der Waals surface area (Å²) in [7, 11) is 0. The van der Waals surface area contributed by atoms with Crippen molar-refractivity contribution < 1.29 is 19.0 Å². The minimum Gasteiger partial charge on any atom is -0.505 e. The van der Waals surface area contributed by atoms with E-state index in [1.807, 2.05) is 0 Å². The van der Waals surface area contributed by atoms with Crippen LogP contribution in [0.1, 0.15) is 19.4 Å². The third-order valence-corrected chi connectivity index (χ3v) is 2.16. The summed E-state index contributed by atoms with van der Waals surface area (Å²) in [6.07, 6.45) is 0. The second-order valence-corrected chi connectivity index (χ2v) is 3.83. The van der Waals surface area contributed by atoms with E-state index in [1.165, 1.54) is 0 Å². The van der Waals surface area contributed by atoms with Crippen LogP contribution in [0.25, 0.3) is 0 Å². The first-order valence-corrected chi connectivity index (χ1v) is 4.18. The summed E-state index contributed by atoms with van der Waals surface area (Å²) in [5.41, 5.74) is -0.811. The maximum absolute atomic E-state index is 13.3. The van der Waals surface area contributed by atoms with Crippen molar-refractivity contribution in [3.05, 3.63) is 29.3 Å². The molecule has 0 aliphatic carbocycles. The van der Waals surface area contributed by atoms with Gasteiger partial charge in [-0.1, -0.05) is 13.8 Å². The molecule has 0 aromatic heterocycles. The average molecular weight is 202 g/mol. The standard InChI is InChI=1S/C10H12F2O2/c1-10(2,5-13)6-3-8(12)9(14)4-7(6)11/h3-4,13-14H,5H2,1-2H3. The van der Waals surface area contributed by atoms with Gasteiger partial charge >= 0.3 is 0 Å². The number of aliphatic hydroxyl groups excluding tert-OH is 1. The molecule has 0 aliphatic rings. The van der Waals surface area contributed by atoms with Gasteiger partial charge in [-0.15, -0.1) is 0 Å². The molecule has 1 rings (SSSR count). The van der Waals surface area contributed by atoms with E-state index in [2.05, 4.69) is 0 Å². The van der Waals surface area contributed by atoms with Gasteiger partial charge in [0.05, 0.1) is 6.61 Å². The zero-order valence-corrected chi connectivity index (χ0v) is 8.01. The smallest absolute Gasteiger partial charge is 0.165 e. The third kappa shape index (κ3) is 1.85. The fourth-order valence-electron chi connectivity index (χ4n) is 1.14. The monoisotopic (exact) mass is 202 g/mol. The number of aromatic hydroxyl groups is 1. The predicted octanol–water partition coefficient (Wildman–Crippen LogP) is 1.94. The Kier molecular flexibility index (Phi) is 2.76. The van der Waals surface area contributed by atoms with Gasteiger partial charge in [0, 0.05) is 11.5 Å². The first-order chi connectivity index (χ1) is 6.38. The molecule has 4 heteroatoms. The number of hydrogen-bond donors (Lipinski definition) is 2. The molecule has 0 fully saturated rings. The van der Waals surface area contributed by atoms with Crippen LogP contribution < -0.4 is 0 Å². The molecule has 1 aromatic carbocycles. The van der Waals surface area contributed by atoms with Crippen LogP contribution in [0.15, 0.2) is 12.1 Å². The minimum absolute atomic E-state index is 0.0512. The molecule has 0 radical (unpaired) electrons. The zero-order valence-electron chi connectivity index (χ0n) is 8.01. The van der Waals surface area contributed by atoms with Crippen molar-refractivity contribution >= 4 is 0 Å². The molecule has 0 unspecified atom stereocenters. The van der Waals surface area contributed by atoms with Crippen LogP contribution in [0.3, 0.4) is 0 Å². The zero-order chi connectivity index (χ0) is 10.9. The highest BCUT2D eigenvalue weighted by Crippen LogP contribution is 2.29. The molecular weight excluding hydrogens is 190 g/mol. The Morgan fingerprint density at radius 1 is 1.21 bits per heavy atom. The maximum Gasteiger partial charge on any atom is 0.165 e. The third-order valence-electron chi connectivity index (χ3n) is 2.16. The average Bonchev–Trinajstić information content (AvgIpc) is 2.11. The molecule has 2 nitrogen and oxygen atoms in total. The van der Waals surface area contributed by atoms with E-state index in [-0.39, 0.29) is 12.2 Å². The van der Waals surface area contributed by atoms with E-state index < -0.39 is 22.8 Å². The number of hydrogen-bond acceptors (Lipinski definition) is 2. The summed E-state index contributed by atoms with van der Waals surface area (Å²) in [6, 6.07) is 1.61. The number of aliphatic hydroxyl groups is 1. The molecule has 0 spiro atoms. The van der Waals surface area contributed by atoms with Crippen LogP contribution in [0.5, 0.6) is 5.75 Å². The Morgan fingerprint density at radius 3 is 2.29 bits per heavy atom. The van der Waals surface area contributed by atoms with Crippen molar-refractivity contribution in [2.45, 2.75) is 19.3 Å². The number of phenols is 1. The van der Waals surface area contributed by atoms with Crippen LogP contribution in [-0.2, 0) is 5.41 Å². The highest BCUT2D eigenvalue weighted by atomic mass is 19.1. The van der Waals surface area contributed by atoms with Crippen LogP contribution in [0.4, 0.5) is 8.78 Å². The Labute approximate surface area is 80.8 Å². The summed E-state index contributed by atoms with van der Waals surface area (Å²) in [5.74, 6) is -2.33. The van der Waals surface area contributed by atoms with Crippen LogP contribution in [0.2, 0.25) is 0 Å². The summed E-state index contributed by atoms with van der Waals surface area (Å²) >= 11 is 0. The largest absolute Gasteiger partial charge is 0.505 e. The summed E-state index contributed by atoms with van der Waals surface area (Å²) in [4.78, 5) is 0. The van der Waals surface area contributed by atoms with Crippen molar-refractivity contribution in [3.63, 3.8) is 0 Å². The Bertz CT molecular complexity index is 348. The molecule has 0 heterocycles. The lowest BCUT2D eigenvalue weighted by Crippen LogP contribution is -2.23. The normalized spacial score (nSPS) is 11.8. The quantitative estimate of drug-likeness (QED) is 0.769. The van der Waals surface area contributed by atoms with Gasteiger partial charge in [0.2, 0.25) is 0 Å². The maximum atomic E-state index is 13.3. The van der Waals surface area contributed by atoms with Gasteiger partial charge in [0.25, 0.3) is 0 Å². The fourth-order valence-corrected chi connectivity index (χ4v) is 1.14. The molecule has 0 amide bonds. The molecule has 0 saturated carbocycles. The first kappa shape index (κ1) is 10.9. The Balaban J connectivity index is 3.29. The van der Waals surface area contributed by atoms with E-state index >= 15 is 0 Å². The second kappa shape index (κ2) is 3.53. The summed E-state index contributed by atoms with van der Waals surface area (Å²) < 4.78 is 26.2. The van der Waals surface area contributed by atoms with Crippen LogP contribution in [0, 0.1) is 11.6 Å². The van der Waals surface area contributed by atoms with Gasteiger partial charge in [-0.05, 0) is 11.6 Å². The van der Waals surface area contributed by atoms with Gasteiger partial charge in [0.15, 0.2) is 11.6 Å². The molecule has 2 N–H and O–H groups in total. The van der Waals surface area contributed by atoms with Crippen molar-refractivity contribution in [2.24, 2.45) is 0 Å². The van der Waals surface area contributed by atoms with E-state index in [0.29, 0.717) is 6.07 Å². The van der Waals surface area contributed by atoms with Crippen LogP contribution >= 0.6 is 0 Å². The van der Waals surface area contributed by atoms with Gasteiger partial charge in [0.1, 0.15) is 5.82 Å². The molecular formula is C10H12F2O2. The molecule has 0 bridgehead atoms. The lowest BCUT2D eigenvalue weighted by Gasteiger charge is -2.22. The Morgan fingerprint density at radius 2 is 1.79 bits per heavy atom. The van der Waals surface area contributed by atoms with Gasteiger partial charge < -0.3 is 10.2 Å². The topological polar surface area (TPSA) is 40.5 Å². The molecule has 1 aromatic rings. The number of benzene rings is 1. The first-order valence-electron chi connectivity index (χ1n) is 4.18. The highest BCUT2D eigenvalue weighted by molar-refractivity contribution is 5.33. The molecule has 78 valence electrons. The number of halogens is 2. The Hall–Kier alpha value is -1.16. The van der Waals surface area contributed by atoms with E-state index in [1.54, 1.807) is 13.8 Å². The van der Waals surface area contributed by atoms with Gasteiger partial charge in [-0.3, -0.25) is 0 Å². The van der Waals surface area contributed by atoms with Crippen molar-refractivity contribution in [1.82, 2.24) is 0 Å². The van der Waals surface area contributed by atoms with Crippen molar-refractivity contribution in [3.8, 4) is 5.75 Å². The van der Waals surface area contributed by atoms with E-state index in [0.717, 1.165) is 6.07 Å². The SMILES string of the molecule is CC(C)(CO)c1cc(F)c(O)cc1F. The number of phenolic OH excluding ortho intramolecular Hbond substituents is 1. The molecule has 0 saturated heterocycles. The molecule has 0 atom stereocenters. The summed E-state index contributed by atoms with van der Waals surface area (Å²) in [6.45, 7) is 2.87. The minimum atomic E-state index is -0.886. The van der Waals surface area contributed by atoms with Gasteiger partial charge in [-0.2, -0.15) is 0 Å². The highest BCUT2D eigenvalue weighted by Gasteiger charge is 2.24. The van der Waals surface area contributed by atoms with Crippen molar-refractivity contribution in [1.29, 1.82) is 0 Å². The van der Waals surface area contributed by atoms with E-state index in [4.69, 9.17) is 10.2 Å². The lowest BCUT2D eigenvalue weighted by molar-refractivity contribution is 0.214. The predicted molar refractivity (Wildman–Crippen MR) is 48.1 cm³/mol. The van der Waals surface area contributed by atoms with E-state index in [9.17, 15) is 8.78 Å². The molecule has 0 aliphatic heterocycles.